The number of hydrogen-bond acceptors (Lipinski definition) is 3. The van der Waals surface area contributed by atoms with Gasteiger partial charge in [0.15, 0.2) is 0 Å². The topological polar surface area (TPSA) is 37.4 Å². The molecule has 0 aliphatic heterocycles. The number of hydrogen-bond donors (Lipinski definition) is 0. The van der Waals surface area contributed by atoms with Gasteiger partial charge in [-0.1, -0.05) is 117 Å². The summed E-state index contributed by atoms with van der Waals surface area (Å²) in [7, 11) is -3.66. The number of sulfonamides is 1. The third-order valence-electron chi connectivity index (χ3n) is 6.22. The van der Waals surface area contributed by atoms with Crippen LogP contribution in [0.5, 0.6) is 0 Å². The summed E-state index contributed by atoms with van der Waals surface area (Å²) in [4.78, 5) is 1.11. The zero-order chi connectivity index (χ0) is 25.4. The third kappa shape index (κ3) is 5.29. The summed E-state index contributed by atoms with van der Waals surface area (Å²) in [5.74, 6) is 0. The Morgan fingerprint density at radius 2 is 1.00 bits per heavy atom. The van der Waals surface area contributed by atoms with E-state index in [1.807, 2.05) is 86.6 Å². The average molecular weight is 516 g/mol. The molecule has 0 N–H and O–H groups in total. The van der Waals surface area contributed by atoms with Crippen molar-refractivity contribution in [2.24, 2.45) is 0 Å². The van der Waals surface area contributed by atoms with Crippen LogP contribution in [0.2, 0.25) is 0 Å². The van der Waals surface area contributed by atoms with E-state index in [1.54, 1.807) is 22.1 Å². The lowest BCUT2D eigenvalue weighted by Crippen LogP contribution is -2.33. The Balaban J connectivity index is 1.96. The molecule has 0 aliphatic carbocycles. The van der Waals surface area contributed by atoms with E-state index in [9.17, 15) is 8.42 Å². The zero-order valence-corrected chi connectivity index (χ0v) is 22.5. The average Bonchev–Trinajstić information content (AvgIpc) is 2.93. The number of thioether (sulfide) groups is 1. The number of nitrogens with zero attached hydrogens (tertiary/aromatic N) is 1. The van der Waals surface area contributed by atoms with Gasteiger partial charge in [0.05, 0.1) is 9.64 Å². The lowest BCUT2D eigenvalue weighted by atomic mass is 9.84. The van der Waals surface area contributed by atoms with Crippen molar-refractivity contribution in [1.82, 2.24) is 4.31 Å². The van der Waals surface area contributed by atoms with Crippen LogP contribution in [-0.4, -0.2) is 25.8 Å². The predicted octanol–water partition coefficient (Wildman–Crippen LogP) is 7.58. The van der Waals surface area contributed by atoms with E-state index in [4.69, 9.17) is 0 Å². The first kappa shape index (κ1) is 26.2. The van der Waals surface area contributed by atoms with E-state index >= 15 is 0 Å². The molecule has 0 atom stereocenters. The van der Waals surface area contributed by atoms with Crippen LogP contribution in [0.25, 0.3) is 0 Å². The minimum absolute atomic E-state index is 0.365. The van der Waals surface area contributed by atoms with Crippen molar-refractivity contribution >= 4 is 21.8 Å². The van der Waals surface area contributed by atoms with Crippen molar-refractivity contribution in [2.45, 2.75) is 41.2 Å². The van der Waals surface area contributed by atoms with Gasteiger partial charge in [-0.2, -0.15) is 4.31 Å². The Bertz CT molecular complexity index is 1240. The molecule has 0 bridgehead atoms. The molecule has 4 aromatic rings. The fourth-order valence-corrected chi connectivity index (χ4v) is 8.14. The summed E-state index contributed by atoms with van der Waals surface area (Å²) in [6, 6.07) is 38.5. The van der Waals surface area contributed by atoms with Crippen LogP contribution < -0.4 is 0 Å². The van der Waals surface area contributed by atoms with Crippen molar-refractivity contribution < 1.29 is 8.42 Å². The molecule has 36 heavy (non-hydrogen) atoms. The van der Waals surface area contributed by atoms with Crippen molar-refractivity contribution in [3.8, 4) is 0 Å². The van der Waals surface area contributed by atoms with Crippen molar-refractivity contribution in [2.75, 3.05) is 13.1 Å². The fraction of sp³-hybridized carbons (Fsp3) is 0.226. The highest BCUT2D eigenvalue weighted by molar-refractivity contribution is 8.01. The summed E-state index contributed by atoms with van der Waals surface area (Å²) < 4.78 is 28.9. The van der Waals surface area contributed by atoms with Gasteiger partial charge in [-0.3, -0.25) is 0 Å². The molecule has 5 heteroatoms. The fourth-order valence-electron chi connectivity index (χ4n) is 4.60. The monoisotopic (exact) mass is 515 g/mol. The highest BCUT2D eigenvalue weighted by Gasteiger charge is 2.39. The van der Waals surface area contributed by atoms with E-state index < -0.39 is 14.8 Å². The van der Waals surface area contributed by atoms with Gasteiger partial charge in [0, 0.05) is 18.0 Å². The van der Waals surface area contributed by atoms with Crippen LogP contribution in [0.3, 0.4) is 0 Å². The maximum absolute atomic E-state index is 13.9. The number of rotatable bonds is 11. The second-order valence-electron chi connectivity index (χ2n) is 8.73. The van der Waals surface area contributed by atoms with E-state index in [0.29, 0.717) is 18.0 Å². The Kier molecular flexibility index (Phi) is 8.68. The molecular formula is C31H33NO2S2. The van der Waals surface area contributed by atoms with Gasteiger partial charge in [0.1, 0.15) is 0 Å². The second kappa shape index (κ2) is 11.9. The first-order chi connectivity index (χ1) is 17.5. The molecule has 4 aromatic carbocycles. The molecule has 0 fully saturated rings. The van der Waals surface area contributed by atoms with Gasteiger partial charge >= 0.3 is 0 Å². The summed E-state index contributed by atoms with van der Waals surface area (Å²) in [6.45, 7) is 5.06. The van der Waals surface area contributed by atoms with Crippen molar-refractivity contribution in [3.05, 3.63) is 132 Å². The molecule has 3 nitrogen and oxygen atoms in total. The zero-order valence-electron chi connectivity index (χ0n) is 20.9. The first-order valence-corrected chi connectivity index (χ1v) is 14.7. The molecule has 0 heterocycles. The van der Waals surface area contributed by atoms with Gasteiger partial charge in [-0.25, -0.2) is 8.42 Å². The molecule has 186 valence electrons. The Morgan fingerprint density at radius 3 is 1.42 bits per heavy atom. The SMILES string of the molecule is CCCN(CCC)S(=O)(=O)c1ccccc1SC(c1ccccc1)(c1ccccc1)c1ccccc1. The quantitative estimate of drug-likeness (QED) is 0.153. The molecular weight excluding hydrogens is 482 g/mol. The van der Waals surface area contributed by atoms with Gasteiger partial charge in [0.2, 0.25) is 10.0 Å². The van der Waals surface area contributed by atoms with Crippen LogP contribution >= 0.6 is 11.8 Å². The smallest absolute Gasteiger partial charge is 0.207 e. The molecule has 0 saturated heterocycles. The Labute approximate surface area is 220 Å². The van der Waals surface area contributed by atoms with E-state index in [0.717, 1.165) is 34.4 Å². The molecule has 0 unspecified atom stereocenters. The molecule has 0 spiro atoms. The van der Waals surface area contributed by atoms with E-state index in [1.165, 1.54) is 0 Å². The van der Waals surface area contributed by atoms with Crippen LogP contribution in [0.1, 0.15) is 43.4 Å². The third-order valence-corrected chi connectivity index (χ3v) is 9.89. The lowest BCUT2D eigenvalue weighted by Gasteiger charge is -2.36. The summed E-state index contributed by atoms with van der Waals surface area (Å²) in [6.07, 6.45) is 1.55. The van der Waals surface area contributed by atoms with Gasteiger partial charge in [-0.15, -0.1) is 11.8 Å². The second-order valence-corrected chi connectivity index (χ2v) is 11.9. The molecule has 4 rings (SSSR count). The van der Waals surface area contributed by atoms with Gasteiger partial charge in [-0.05, 0) is 41.7 Å². The van der Waals surface area contributed by atoms with Crippen LogP contribution in [0.4, 0.5) is 0 Å². The maximum atomic E-state index is 13.9. The first-order valence-electron chi connectivity index (χ1n) is 12.5. The largest absolute Gasteiger partial charge is 0.244 e. The molecule has 0 radical (unpaired) electrons. The van der Waals surface area contributed by atoms with Gasteiger partial charge < -0.3 is 0 Å². The minimum Gasteiger partial charge on any atom is -0.207 e. The summed E-state index contributed by atoms with van der Waals surface area (Å²) in [5.41, 5.74) is 3.29. The molecule has 0 amide bonds. The van der Waals surface area contributed by atoms with Crippen LogP contribution in [0.15, 0.2) is 125 Å². The van der Waals surface area contributed by atoms with Crippen molar-refractivity contribution in [1.29, 1.82) is 0 Å². The van der Waals surface area contributed by atoms with Gasteiger partial charge in [0.25, 0.3) is 0 Å². The highest BCUT2D eigenvalue weighted by atomic mass is 32.2. The van der Waals surface area contributed by atoms with Crippen LogP contribution in [-0.2, 0) is 14.8 Å². The highest BCUT2D eigenvalue weighted by Crippen LogP contribution is 2.52. The lowest BCUT2D eigenvalue weighted by molar-refractivity contribution is 0.409. The molecule has 0 saturated carbocycles. The Hall–Kier alpha value is -2.86. The normalized spacial score (nSPS) is 12.1. The standard InChI is InChI=1S/C31H33NO2S2/c1-3-24-32(25-4-2)36(33,34)30-23-15-14-22-29(30)35-31(26-16-8-5-9-17-26,27-18-10-6-11-19-27)28-20-12-7-13-21-28/h5-23H,3-4,24-25H2,1-2H3. The number of benzene rings is 4. The molecule has 0 aliphatic rings. The maximum Gasteiger partial charge on any atom is 0.244 e. The predicted molar refractivity (Wildman–Crippen MR) is 151 cm³/mol. The van der Waals surface area contributed by atoms with Crippen molar-refractivity contribution in [3.63, 3.8) is 0 Å². The summed E-state index contributed by atoms with van der Waals surface area (Å²) in [5, 5.41) is 0. The van der Waals surface area contributed by atoms with Crippen LogP contribution in [0, 0.1) is 0 Å². The molecule has 0 aromatic heterocycles. The summed E-state index contributed by atoms with van der Waals surface area (Å²) >= 11 is 1.60. The van der Waals surface area contributed by atoms with E-state index in [2.05, 4.69) is 36.4 Å². The minimum atomic E-state index is -3.66. The van der Waals surface area contributed by atoms with E-state index in [-0.39, 0.29) is 0 Å². The Morgan fingerprint density at radius 1 is 0.611 bits per heavy atom.